The predicted octanol–water partition coefficient (Wildman–Crippen LogP) is 4.43. The third-order valence-electron chi connectivity index (χ3n) is 3.12. The second-order valence-corrected chi connectivity index (χ2v) is 6.20. The number of rotatable bonds is 6. The molecule has 5 nitrogen and oxygen atoms in total. The molecule has 21 heavy (non-hydrogen) atoms. The van der Waals surface area contributed by atoms with E-state index in [0.29, 0.717) is 10.6 Å². The van der Waals surface area contributed by atoms with Gasteiger partial charge in [0.2, 0.25) is 0 Å². The van der Waals surface area contributed by atoms with Gasteiger partial charge < -0.3 is 0 Å². The van der Waals surface area contributed by atoms with Gasteiger partial charge in [-0.3, -0.25) is 14.8 Å². The van der Waals surface area contributed by atoms with Crippen LogP contribution in [0.15, 0.2) is 33.6 Å². The fourth-order valence-corrected chi connectivity index (χ4v) is 3.97. The lowest BCUT2D eigenvalue weighted by molar-refractivity contribution is -0.387. The molecule has 1 aromatic carbocycles. The van der Waals surface area contributed by atoms with Crippen LogP contribution in [0, 0.1) is 10.1 Å². The van der Waals surface area contributed by atoms with Gasteiger partial charge in [-0.25, -0.2) is 0 Å². The minimum absolute atomic E-state index is 0.150. The lowest BCUT2D eigenvalue weighted by Gasteiger charge is -2.06. The smallest absolute Gasteiger partial charge is 0.268 e. The highest BCUT2D eigenvalue weighted by atomic mass is 79.9. The van der Waals surface area contributed by atoms with Crippen LogP contribution in [0.1, 0.15) is 25.2 Å². The Kier molecular flexibility index (Phi) is 5.41. The van der Waals surface area contributed by atoms with E-state index >= 15 is 0 Å². The maximum absolute atomic E-state index is 11.0. The Hall–Kier alpha value is -1.34. The SMILES string of the molecule is CCc1nn(CC)c(CSc2ccccc2[N+](=O)[O-])c1Br. The third-order valence-corrected chi connectivity index (χ3v) is 5.11. The van der Waals surface area contributed by atoms with Crippen LogP contribution < -0.4 is 0 Å². The maximum Gasteiger partial charge on any atom is 0.282 e. The van der Waals surface area contributed by atoms with Crippen LogP contribution in [0.2, 0.25) is 0 Å². The number of nitro benzene ring substituents is 1. The van der Waals surface area contributed by atoms with Crippen molar-refractivity contribution in [2.24, 2.45) is 0 Å². The summed E-state index contributed by atoms with van der Waals surface area (Å²) in [6.07, 6.45) is 0.858. The second kappa shape index (κ2) is 7.09. The lowest BCUT2D eigenvalue weighted by atomic mass is 10.3. The molecule has 1 heterocycles. The Morgan fingerprint density at radius 1 is 1.38 bits per heavy atom. The molecule has 0 amide bonds. The van der Waals surface area contributed by atoms with E-state index in [4.69, 9.17) is 0 Å². The first-order chi connectivity index (χ1) is 10.1. The van der Waals surface area contributed by atoms with Gasteiger partial charge in [0.05, 0.1) is 25.7 Å². The summed E-state index contributed by atoms with van der Waals surface area (Å²) in [5.41, 5.74) is 2.24. The highest BCUT2D eigenvalue weighted by Gasteiger charge is 2.17. The zero-order valence-corrected chi connectivity index (χ0v) is 14.3. The first-order valence-electron chi connectivity index (χ1n) is 6.68. The number of halogens is 1. The number of hydrogen-bond acceptors (Lipinski definition) is 4. The van der Waals surface area contributed by atoms with E-state index in [1.807, 2.05) is 17.7 Å². The molecule has 0 fully saturated rings. The van der Waals surface area contributed by atoms with Crippen LogP contribution in [0.3, 0.4) is 0 Å². The van der Waals surface area contributed by atoms with E-state index in [0.717, 1.165) is 28.8 Å². The summed E-state index contributed by atoms with van der Waals surface area (Å²) in [4.78, 5) is 11.4. The Bertz CT molecular complexity index is 658. The van der Waals surface area contributed by atoms with Gasteiger partial charge in [0.15, 0.2) is 0 Å². The van der Waals surface area contributed by atoms with Gasteiger partial charge >= 0.3 is 0 Å². The number of nitrogens with zero attached hydrogens (tertiary/aromatic N) is 3. The van der Waals surface area contributed by atoms with Crippen molar-refractivity contribution in [1.29, 1.82) is 0 Å². The molecule has 0 saturated carbocycles. The molecular formula is C14H16BrN3O2S. The van der Waals surface area contributed by atoms with Gasteiger partial charge in [-0.1, -0.05) is 19.1 Å². The Balaban J connectivity index is 2.25. The minimum atomic E-state index is -0.341. The van der Waals surface area contributed by atoms with Gasteiger partial charge in [-0.2, -0.15) is 5.10 Å². The normalized spacial score (nSPS) is 10.8. The van der Waals surface area contributed by atoms with Crippen LogP contribution in [-0.2, 0) is 18.7 Å². The number of aromatic nitrogens is 2. The van der Waals surface area contributed by atoms with E-state index in [9.17, 15) is 10.1 Å². The molecule has 0 atom stereocenters. The van der Waals surface area contributed by atoms with E-state index in [2.05, 4.69) is 28.0 Å². The Labute approximate surface area is 136 Å². The van der Waals surface area contributed by atoms with Crippen molar-refractivity contribution >= 4 is 33.4 Å². The van der Waals surface area contributed by atoms with Crippen LogP contribution in [0.25, 0.3) is 0 Å². The van der Waals surface area contributed by atoms with E-state index in [-0.39, 0.29) is 10.6 Å². The van der Waals surface area contributed by atoms with Crippen molar-refractivity contribution in [3.8, 4) is 0 Å². The molecule has 0 radical (unpaired) electrons. The predicted molar refractivity (Wildman–Crippen MR) is 87.6 cm³/mol. The molecule has 2 rings (SSSR count). The maximum atomic E-state index is 11.0. The van der Waals surface area contributed by atoms with Crippen molar-refractivity contribution in [2.45, 2.75) is 37.5 Å². The van der Waals surface area contributed by atoms with Gasteiger partial charge in [-0.15, -0.1) is 11.8 Å². The van der Waals surface area contributed by atoms with Gasteiger partial charge in [0.1, 0.15) is 0 Å². The van der Waals surface area contributed by atoms with E-state index < -0.39 is 0 Å². The number of thioether (sulfide) groups is 1. The average molecular weight is 370 g/mol. The van der Waals surface area contributed by atoms with Crippen molar-refractivity contribution in [1.82, 2.24) is 9.78 Å². The number of para-hydroxylation sites is 1. The fourth-order valence-electron chi connectivity index (χ4n) is 2.03. The molecule has 0 unspecified atom stereocenters. The lowest BCUT2D eigenvalue weighted by Crippen LogP contribution is -2.02. The Morgan fingerprint density at radius 2 is 2.10 bits per heavy atom. The first kappa shape index (κ1) is 16.0. The molecule has 2 aromatic rings. The zero-order chi connectivity index (χ0) is 15.4. The molecule has 0 aliphatic carbocycles. The molecule has 0 N–H and O–H groups in total. The number of aryl methyl sites for hydroxylation is 2. The monoisotopic (exact) mass is 369 g/mol. The van der Waals surface area contributed by atoms with Crippen molar-refractivity contribution in [3.63, 3.8) is 0 Å². The average Bonchev–Trinajstić information content (AvgIpc) is 2.80. The molecule has 0 aliphatic heterocycles. The number of hydrogen-bond donors (Lipinski definition) is 0. The van der Waals surface area contributed by atoms with Gasteiger partial charge in [0, 0.05) is 18.4 Å². The molecule has 0 aliphatic rings. The summed E-state index contributed by atoms with van der Waals surface area (Å²) in [5.74, 6) is 0.645. The molecule has 0 spiro atoms. The zero-order valence-electron chi connectivity index (χ0n) is 11.9. The Morgan fingerprint density at radius 3 is 2.71 bits per heavy atom. The quantitative estimate of drug-likeness (QED) is 0.429. The van der Waals surface area contributed by atoms with Gasteiger partial charge in [-0.05, 0) is 35.3 Å². The summed E-state index contributed by atoms with van der Waals surface area (Å²) in [6.45, 7) is 4.88. The van der Waals surface area contributed by atoms with Gasteiger partial charge in [0.25, 0.3) is 5.69 Å². The molecule has 7 heteroatoms. The standard InChI is InChI=1S/C14H16BrN3O2S/c1-3-10-14(15)12(17(4-2)16-10)9-21-13-8-6-5-7-11(13)18(19)20/h5-8H,3-4,9H2,1-2H3. The van der Waals surface area contributed by atoms with Crippen LogP contribution in [-0.4, -0.2) is 14.7 Å². The van der Waals surface area contributed by atoms with Crippen molar-refractivity contribution in [3.05, 3.63) is 50.2 Å². The summed E-state index contributed by atoms with van der Waals surface area (Å²) in [7, 11) is 0. The van der Waals surface area contributed by atoms with Crippen LogP contribution in [0.4, 0.5) is 5.69 Å². The molecule has 0 bridgehead atoms. The topological polar surface area (TPSA) is 61.0 Å². The highest BCUT2D eigenvalue weighted by molar-refractivity contribution is 9.10. The number of nitro groups is 1. The molecule has 1 aromatic heterocycles. The van der Waals surface area contributed by atoms with Crippen LogP contribution in [0.5, 0.6) is 0 Å². The highest BCUT2D eigenvalue weighted by Crippen LogP contribution is 2.34. The molecule has 0 saturated heterocycles. The first-order valence-corrected chi connectivity index (χ1v) is 8.46. The van der Waals surface area contributed by atoms with E-state index in [1.165, 1.54) is 17.8 Å². The summed E-state index contributed by atoms with van der Waals surface area (Å²) < 4.78 is 2.96. The van der Waals surface area contributed by atoms with Crippen LogP contribution >= 0.6 is 27.7 Å². The molecular weight excluding hydrogens is 354 g/mol. The summed E-state index contributed by atoms with van der Waals surface area (Å²) >= 11 is 5.06. The van der Waals surface area contributed by atoms with Crippen molar-refractivity contribution in [2.75, 3.05) is 0 Å². The summed E-state index contributed by atoms with van der Waals surface area (Å²) in [6, 6.07) is 6.82. The third kappa shape index (κ3) is 3.47. The minimum Gasteiger partial charge on any atom is -0.268 e. The largest absolute Gasteiger partial charge is 0.282 e. The number of benzene rings is 1. The van der Waals surface area contributed by atoms with Crippen molar-refractivity contribution < 1.29 is 4.92 Å². The summed E-state index contributed by atoms with van der Waals surface area (Å²) in [5, 5.41) is 15.6. The second-order valence-electron chi connectivity index (χ2n) is 4.39. The van der Waals surface area contributed by atoms with E-state index in [1.54, 1.807) is 12.1 Å². The molecule has 112 valence electrons. The fraction of sp³-hybridized carbons (Fsp3) is 0.357.